The Labute approximate surface area is 135 Å². The lowest BCUT2D eigenvalue weighted by atomic mass is 9.87. The summed E-state index contributed by atoms with van der Waals surface area (Å²) in [5.74, 6) is 0.0238. The van der Waals surface area contributed by atoms with Gasteiger partial charge in [0.05, 0.1) is 22.0 Å². The molecule has 2 aromatic rings. The van der Waals surface area contributed by atoms with Gasteiger partial charge in [-0.3, -0.25) is 4.79 Å². The molecule has 0 spiro atoms. The van der Waals surface area contributed by atoms with E-state index in [-0.39, 0.29) is 11.3 Å². The molecule has 1 aromatic heterocycles. The van der Waals surface area contributed by atoms with Gasteiger partial charge < -0.3 is 10.3 Å². The number of aromatic amines is 1. The summed E-state index contributed by atoms with van der Waals surface area (Å²) in [6.45, 7) is 4.78. The van der Waals surface area contributed by atoms with Gasteiger partial charge in [-0.25, -0.2) is 0 Å². The molecule has 1 amide bonds. The van der Waals surface area contributed by atoms with Crippen molar-refractivity contribution in [2.24, 2.45) is 0 Å². The molecule has 0 saturated carbocycles. The van der Waals surface area contributed by atoms with Crippen LogP contribution >= 0.6 is 39.1 Å². The van der Waals surface area contributed by atoms with E-state index in [2.05, 4.69) is 40.1 Å². The second-order valence-electron chi connectivity index (χ2n) is 5.72. The Morgan fingerprint density at radius 3 is 2.75 bits per heavy atom. The fourth-order valence-corrected chi connectivity index (χ4v) is 3.92. The molecule has 3 rings (SSSR count). The molecule has 0 saturated heterocycles. The number of carbonyl (C=O) groups is 1. The maximum absolute atomic E-state index is 11.9. The van der Waals surface area contributed by atoms with Crippen LogP contribution in [0.15, 0.2) is 10.5 Å². The van der Waals surface area contributed by atoms with Gasteiger partial charge in [0.15, 0.2) is 0 Å². The van der Waals surface area contributed by atoms with Crippen LogP contribution in [-0.2, 0) is 16.6 Å². The van der Waals surface area contributed by atoms with Gasteiger partial charge in [-0.1, -0.05) is 53.0 Å². The first-order valence-corrected chi connectivity index (χ1v) is 7.81. The molecular formula is C14H13BrCl2N2O. The summed E-state index contributed by atoms with van der Waals surface area (Å²) in [5, 5.41) is 4.87. The smallest absolute Gasteiger partial charge is 0.224 e. The summed E-state index contributed by atoms with van der Waals surface area (Å²) < 4.78 is 0.852. The minimum absolute atomic E-state index is 0.0238. The average molecular weight is 376 g/mol. The second kappa shape index (κ2) is 4.65. The highest BCUT2D eigenvalue weighted by molar-refractivity contribution is 9.10. The predicted octanol–water partition coefficient (Wildman–Crippen LogP) is 4.19. The van der Waals surface area contributed by atoms with E-state index in [9.17, 15) is 4.79 Å². The molecule has 0 bridgehead atoms. The van der Waals surface area contributed by atoms with E-state index in [0.29, 0.717) is 23.0 Å². The van der Waals surface area contributed by atoms with Gasteiger partial charge in [-0.2, -0.15) is 0 Å². The predicted molar refractivity (Wildman–Crippen MR) is 85.8 cm³/mol. The minimum Gasteiger partial charge on any atom is -0.356 e. The van der Waals surface area contributed by atoms with Crippen LogP contribution in [0.3, 0.4) is 0 Å². The number of H-pyrrole nitrogens is 1. The van der Waals surface area contributed by atoms with Gasteiger partial charge in [0, 0.05) is 27.5 Å². The Hall–Kier alpha value is -0.710. The molecule has 1 aliphatic rings. The number of benzene rings is 1. The fraction of sp³-hybridized carbons (Fsp3) is 0.357. The van der Waals surface area contributed by atoms with Gasteiger partial charge in [0.2, 0.25) is 5.91 Å². The van der Waals surface area contributed by atoms with Crippen molar-refractivity contribution in [3.63, 3.8) is 0 Å². The molecule has 0 unspecified atom stereocenters. The lowest BCUT2D eigenvalue weighted by Crippen LogP contribution is -2.34. The number of halogens is 3. The number of carbonyl (C=O) groups excluding carboxylic acids is 1. The molecule has 6 heteroatoms. The highest BCUT2D eigenvalue weighted by Crippen LogP contribution is 2.42. The molecule has 106 valence electrons. The summed E-state index contributed by atoms with van der Waals surface area (Å²) >= 11 is 16.0. The van der Waals surface area contributed by atoms with Gasteiger partial charge in [0.25, 0.3) is 0 Å². The first kappa shape index (κ1) is 14.2. The first-order valence-electron chi connectivity index (χ1n) is 6.26. The third kappa shape index (κ3) is 2.05. The fourth-order valence-electron chi connectivity index (χ4n) is 2.72. The number of fused-ring (bicyclic) bond motifs is 3. The van der Waals surface area contributed by atoms with E-state index in [0.717, 1.165) is 26.6 Å². The Morgan fingerprint density at radius 2 is 2.05 bits per heavy atom. The third-order valence-corrected chi connectivity index (χ3v) is 5.18. The van der Waals surface area contributed by atoms with Crippen LogP contribution in [-0.4, -0.2) is 17.4 Å². The number of rotatable bonds is 0. The number of amides is 1. The Balaban J connectivity index is 2.42. The van der Waals surface area contributed by atoms with Crippen molar-refractivity contribution in [2.45, 2.75) is 25.7 Å². The second-order valence-corrected chi connectivity index (χ2v) is 7.36. The topological polar surface area (TPSA) is 44.9 Å². The average Bonchev–Trinajstić information content (AvgIpc) is 2.70. The number of hydrogen-bond acceptors (Lipinski definition) is 1. The van der Waals surface area contributed by atoms with Gasteiger partial charge in [-0.15, -0.1) is 0 Å². The van der Waals surface area contributed by atoms with E-state index < -0.39 is 0 Å². The van der Waals surface area contributed by atoms with Crippen LogP contribution in [0.5, 0.6) is 0 Å². The maximum atomic E-state index is 11.9. The van der Waals surface area contributed by atoms with Crippen molar-refractivity contribution in [1.29, 1.82) is 0 Å². The van der Waals surface area contributed by atoms with E-state index in [4.69, 9.17) is 23.2 Å². The normalized spacial score (nSPS) is 17.8. The van der Waals surface area contributed by atoms with Crippen LogP contribution < -0.4 is 5.32 Å². The molecule has 1 aliphatic heterocycles. The molecule has 0 fully saturated rings. The highest BCUT2D eigenvalue weighted by Gasteiger charge is 2.32. The summed E-state index contributed by atoms with van der Waals surface area (Å²) in [7, 11) is 0. The van der Waals surface area contributed by atoms with Crippen LogP contribution in [0.25, 0.3) is 10.9 Å². The molecule has 0 radical (unpaired) electrons. The van der Waals surface area contributed by atoms with Crippen molar-refractivity contribution < 1.29 is 4.79 Å². The van der Waals surface area contributed by atoms with Gasteiger partial charge >= 0.3 is 0 Å². The van der Waals surface area contributed by atoms with Crippen LogP contribution in [0, 0.1) is 0 Å². The molecule has 2 N–H and O–H groups in total. The largest absolute Gasteiger partial charge is 0.356 e. The number of aromatic nitrogens is 1. The van der Waals surface area contributed by atoms with Crippen molar-refractivity contribution >= 4 is 55.9 Å². The van der Waals surface area contributed by atoms with Gasteiger partial charge in [-0.05, 0) is 11.6 Å². The summed E-state index contributed by atoms with van der Waals surface area (Å²) in [6.07, 6.45) is 0.343. The lowest BCUT2D eigenvalue weighted by molar-refractivity contribution is -0.120. The number of hydrogen-bond donors (Lipinski definition) is 2. The lowest BCUT2D eigenvalue weighted by Gasteiger charge is -2.22. The van der Waals surface area contributed by atoms with E-state index in [1.54, 1.807) is 6.07 Å². The number of nitrogens with one attached hydrogen (secondary N) is 2. The quantitative estimate of drug-likeness (QED) is 0.666. The zero-order valence-corrected chi connectivity index (χ0v) is 14.1. The molecule has 1 aromatic carbocycles. The zero-order valence-electron chi connectivity index (χ0n) is 11.0. The SMILES string of the molecule is CC1(C)CNC(=O)Cc2c1[nH]c1c(Cl)c(Cl)cc(Br)c21. The standard InChI is InChI=1S/C14H13BrCl2N2O/c1-14(2)5-18-9(20)3-6-10-7(15)4-8(16)11(17)12(10)19-13(6)14/h4,19H,3,5H2,1-2H3,(H,18,20). The molecule has 20 heavy (non-hydrogen) atoms. The molecule has 0 aliphatic carbocycles. The Morgan fingerprint density at radius 1 is 1.35 bits per heavy atom. The Bertz CT molecular complexity index is 737. The molecular weight excluding hydrogens is 363 g/mol. The molecule has 2 heterocycles. The minimum atomic E-state index is -0.185. The van der Waals surface area contributed by atoms with Crippen molar-refractivity contribution in [1.82, 2.24) is 10.3 Å². The highest BCUT2D eigenvalue weighted by atomic mass is 79.9. The summed E-state index contributed by atoms with van der Waals surface area (Å²) in [4.78, 5) is 15.3. The van der Waals surface area contributed by atoms with Crippen LogP contribution in [0.2, 0.25) is 10.0 Å². The van der Waals surface area contributed by atoms with Crippen LogP contribution in [0.1, 0.15) is 25.1 Å². The summed E-state index contributed by atoms with van der Waals surface area (Å²) in [5.41, 5.74) is 2.63. The molecule has 3 nitrogen and oxygen atoms in total. The first-order chi connectivity index (χ1) is 9.31. The van der Waals surface area contributed by atoms with Crippen LogP contribution in [0.4, 0.5) is 0 Å². The van der Waals surface area contributed by atoms with Crippen molar-refractivity contribution in [3.8, 4) is 0 Å². The van der Waals surface area contributed by atoms with E-state index in [1.807, 2.05) is 0 Å². The van der Waals surface area contributed by atoms with Gasteiger partial charge in [0.1, 0.15) is 0 Å². The molecule has 0 atom stereocenters. The monoisotopic (exact) mass is 374 g/mol. The third-order valence-electron chi connectivity index (χ3n) is 3.77. The Kier molecular flexibility index (Phi) is 3.31. The van der Waals surface area contributed by atoms with E-state index >= 15 is 0 Å². The maximum Gasteiger partial charge on any atom is 0.224 e. The van der Waals surface area contributed by atoms with Crippen molar-refractivity contribution in [3.05, 3.63) is 31.8 Å². The van der Waals surface area contributed by atoms with Crippen molar-refractivity contribution in [2.75, 3.05) is 6.54 Å². The zero-order chi connectivity index (χ0) is 14.7. The summed E-state index contributed by atoms with van der Waals surface area (Å²) in [6, 6.07) is 1.77. The van der Waals surface area contributed by atoms with E-state index in [1.165, 1.54) is 0 Å².